The summed E-state index contributed by atoms with van der Waals surface area (Å²) in [5.74, 6) is -0.680. The number of nitrogens with zero attached hydrogens (tertiary/aromatic N) is 2. The Labute approximate surface area is 183 Å². The van der Waals surface area contributed by atoms with Crippen LogP contribution < -0.4 is 0 Å². The number of carboxylic acids is 1. The van der Waals surface area contributed by atoms with Crippen molar-refractivity contribution in [2.75, 3.05) is 19.6 Å². The van der Waals surface area contributed by atoms with Crippen molar-refractivity contribution in [2.45, 2.75) is 64.8 Å². The topological polar surface area (TPSA) is 77.9 Å². The lowest BCUT2D eigenvalue weighted by molar-refractivity contribution is -0.143. The zero-order valence-corrected chi connectivity index (χ0v) is 18.5. The molecule has 170 valence electrons. The summed E-state index contributed by atoms with van der Waals surface area (Å²) in [5, 5.41) is 8.75. The van der Waals surface area contributed by atoms with E-state index in [4.69, 9.17) is 5.11 Å². The normalized spacial score (nSPS) is 20.6. The lowest BCUT2D eigenvalue weighted by Gasteiger charge is -2.38. The molecule has 7 heteroatoms. The van der Waals surface area contributed by atoms with Gasteiger partial charge < -0.3 is 14.9 Å². The van der Waals surface area contributed by atoms with Crippen LogP contribution >= 0.6 is 0 Å². The fourth-order valence-electron chi connectivity index (χ4n) is 5.01. The van der Waals surface area contributed by atoms with Crippen LogP contribution in [0, 0.1) is 17.2 Å². The predicted molar refractivity (Wildman–Crippen MR) is 115 cm³/mol. The standard InChI is InChI=1S/C24H33FN2O4/c1-17(2)16-27-20(14-18-5-3-6-19(25)13-18)15-24(23(27)31)9-11-26(12-10-24)21(28)7-4-8-22(29)30/h3,5-6,13,17,20H,4,7-12,14-16H2,1-2H3,(H,29,30)/t20-/m0/s1. The monoisotopic (exact) mass is 432 g/mol. The molecule has 3 rings (SSSR count). The fourth-order valence-corrected chi connectivity index (χ4v) is 5.01. The highest BCUT2D eigenvalue weighted by molar-refractivity contribution is 5.86. The average Bonchev–Trinajstić information content (AvgIpc) is 2.93. The Balaban J connectivity index is 1.66. The molecule has 0 bridgehead atoms. The zero-order valence-electron chi connectivity index (χ0n) is 18.5. The van der Waals surface area contributed by atoms with Crippen LogP contribution in [0.5, 0.6) is 0 Å². The third kappa shape index (κ3) is 5.63. The minimum atomic E-state index is -0.892. The van der Waals surface area contributed by atoms with E-state index in [1.807, 2.05) is 11.0 Å². The maximum Gasteiger partial charge on any atom is 0.303 e. The van der Waals surface area contributed by atoms with Gasteiger partial charge in [-0.3, -0.25) is 14.4 Å². The SMILES string of the molecule is CC(C)CN1C(=O)C2(CCN(C(=O)CCCC(=O)O)CC2)C[C@@H]1Cc1cccc(F)c1. The van der Waals surface area contributed by atoms with Gasteiger partial charge >= 0.3 is 5.97 Å². The van der Waals surface area contributed by atoms with Crippen LogP contribution in [0.3, 0.4) is 0 Å². The number of aliphatic carboxylic acids is 1. The van der Waals surface area contributed by atoms with Crippen LogP contribution in [-0.2, 0) is 20.8 Å². The highest BCUT2D eigenvalue weighted by Crippen LogP contribution is 2.45. The first-order valence-electron chi connectivity index (χ1n) is 11.3. The highest BCUT2D eigenvalue weighted by atomic mass is 19.1. The van der Waals surface area contributed by atoms with E-state index < -0.39 is 11.4 Å². The van der Waals surface area contributed by atoms with Crippen molar-refractivity contribution in [3.63, 3.8) is 0 Å². The first-order chi connectivity index (χ1) is 14.7. The van der Waals surface area contributed by atoms with Crippen LogP contribution in [0.1, 0.15) is 57.9 Å². The second-order valence-electron chi connectivity index (χ2n) is 9.45. The smallest absolute Gasteiger partial charge is 0.303 e. The Morgan fingerprint density at radius 3 is 2.55 bits per heavy atom. The minimum Gasteiger partial charge on any atom is -0.481 e. The Morgan fingerprint density at radius 1 is 1.23 bits per heavy atom. The van der Waals surface area contributed by atoms with Gasteiger partial charge in [0.1, 0.15) is 5.82 Å². The second kappa shape index (κ2) is 9.79. The lowest BCUT2D eigenvalue weighted by Crippen LogP contribution is -2.47. The van der Waals surface area contributed by atoms with E-state index in [-0.39, 0.29) is 36.5 Å². The van der Waals surface area contributed by atoms with Crippen molar-refractivity contribution < 1.29 is 23.9 Å². The Morgan fingerprint density at radius 2 is 1.94 bits per heavy atom. The first-order valence-corrected chi connectivity index (χ1v) is 11.3. The van der Waals surface area contributed by atoms with Crippen molar-refractivity contribution >= 4 is 17.8 Å². The summed E-state index contributed by atoms with van der Waals surface area (Å²) in [6, 6.07) is 6.62. The summed E-state index contributed by atoms with van der Waals surface area (Å²) in [6.45, 7) is 5.92. The average molecular weight is 433 g/mol. The van der Waals surface area contributed by atoms with Crippen molar-refractivity contribution in [3.8, 4) is 0 Å². The van der Waals surface area contributed by atoms with Gasteiger partial charge in [-0.2, -0.15) is 0 Å². The van der Waals surface area contributed by atoms with E-state index in [0.29, 0.717) is 51.2 Å². The molecule has 2 fully saturated rings. The Bertz CT molecular complexity index is 818. The molecule has 2 amide bonds. The Hall–Kier alpha value is -2.44. The maximum atomic E-state index is 13.7. The quantitative estimate of drug-likeness (QED) is 0.682. The van der Waals surface area contributed by atoms with E-state index in [1.165, 1.54) is 6.07 Å². The highest BCUT2D eigenvalue weighted by Gasteiger charge is 2.52. The number of carbonyl (C=O) groups is 3. The molecule has 1 N–H and O–H groups in total. The summed E-state index contributed by atoms with van der Waals surface area (Å²) in [4.78, 5) is 40.3. The number of hydrogen-bond donors (Lipinski definition) is 1. The van der Waals surface area contributed by atoms with Crippen LogP contribution in [0.4, 0.5) is 4.39 Å². The number of carbonyl (C=O) groups excluding carboxylic acids is 2. The molecule has 0 unspecified atom stereocenters. The van der Waals surface area contributed by atoms with Gasteiger partial charge in [0.25, 0.3) is 0 Å². The molecular weight excluding hydrogens is 399 g/mol. The number of halogens is 1. The van der Waals surface area contributed by atoms with Gasteiger partial charge in [-0.05, 0) is 55.7 Å². The number of carboxylic acid groups (broad SMARTS) is 1. The van der Waals surface area contributed by atoms with E-state index >= 15 is 0 Å². The molecule has 1 aromatic rings. The van der Waals surface area contributed by atoms with Crippen molar-refractivity contribution in [2.24, 2.45) is 11.3 Å². The number of hydrogen-bond acceptors (Lipinski definition) is 3. The second-order valence-corrected chi connectivity index (χ2v) is 9.45. The summed E-state index contributed by atoms with van der Waals surface area (Å²) in [7, 11) is 0. The van der Waals surface area contributed by atoms with E-state index in [1.54, 1.807) is 17.0 Å². The predicted octanol–water partition coefficient (Wildman–Crippen LogP) is 3.49. The first kappa shape index (κ1) is 23.2. The summed E-state index contributed by atoms with van der Waals surface area (Å²) < 4.78 is 13.7. The number of rotatable bonds is 8. The van der Waals surface area contributed by atoms with Gasteiger partial charge in [-0.1, -0.05) is 26.0 Å². The third-order valence-corrected chi connectivity index (χ3v) is 6.56. The Kier molecular flexibility index (Phi) is 7.34. The number of piperidine rings is 1. The van der Waals surface area contributed by atoms with Gasteiger partial charge in [0.15, 0.2) is 0 Å². The molecule has 0 aliphatic carbocycles. The van der Waals surface area contributed by atoms with Crippen molar-refractivity contribution in [1.82, 2.24) is 9.80 Å². The van der Waals surface area contributed by atoms with Crippen LogP contribution in [0.25, 0.3) is 0 Å². The molecule has 2 heterocycles. The van der Waals surface area contributed by atoms with Crippen molar-refractivity contribution in [1.29, 1.82) is 0 Å². The van der Waals surface area contributed by atoms with Gasteiger partial charge in [-0.25, -0.2) is 4.39 Å². The third-order valence-electron chi connectivity index (χ3n) is 6.56. The largest absolute Gasteiger partial charge is 0.481 e. The van der Waals surface area contributed by atoms with Crippen LogP contribution in [0.2, 0.25) is 0 Å². The van der Waals surface area contributed by atoms with E-state index in [2.05, 4.69) is 13.8 Å². The summed E-state index contributed by atoms with van der Waals surface area (Å²) in [5.41, 5.74) is 0.444. The zero-order chi connectivity index (χ0) is 22.6. The molecule has 6 nitrogen and oxygen atoms in total. The van der Waals surface area contributed by atoms with Crippen LogP contribution in [0.15, 0.2) is 24.3 Å². The molecular formula is C24H33FN2O4. The number of amides is 2. The summed E-state index contributed by atoms with van der Waals surface area (Å²) in [6.07, 6.45) is 3.19. The molecule has 0 saturated carbocycles. The molecule has 2 aliphatic rings. The molecule has 2 saturated heterocycles. The van der Waals surface area contributed by atoms with E-state index in [0.717, 1.165) is 12.0 Å². The number of likely N-dealkylation sites (tertiary alicyclic amines) is 2. The molecule has 2 aliphatic heterocycles. The maximum absolute atomic E-state index is 13.7. The van der Waals surface area contributed by atoms with E-state index in [9.17, 15) is 18.8 Å². The van der Waals surface area contributed by atoms with Gasteiger partial charge in [0.05, 0.1) is 5.41 Å². The molecule has 1 atom stereocenters. The minimum absolute atomic E-state index is 0.00603. The summed E-state index contributed by atoms with van der Waals surface area (Å²) >= 11 is 0. The van der Waals surface area contributed by atoms with Gasteiger partial charge in [-0.15, -0.1) is 0 Å². The van der Waals surface area contributed by atoms with Crippen LogP contribution in [-0.4, -0.2) is 58.4 Å². The molecule has 0 radical (unpaired) electrons. The van der Waals surface area contributed by atoms with Gasteiger partial charge in [0.2, 0.25) is 11.8 Å². The molecule has 1 aromatic carbocycles. The fraction of sp³-hybridized carbons (Fsp3) is 0.625. The molecule has 31 heavy (non-hydrogen) atoms. The lowest BCUT2D eigenvalue weighted by atomic mass is 9.75. The number of benzene rings is 1. The van der Waals surface area contributed by atoms with Gasteiger partial charge in [0, 0.05) is 38.5 Å². The van der Waals surface area contributed by atoms with Crippen molar-refractivity contribution in [3.05, 3.63) is 35.6 Å². The molecule has 1 spiro atoms. The molecule has 0 aromatic heterocycles.